The molecule has 0 saturated carbocycles. The highest BCUT2D eigenvalue weighted by molar-refractivity contribution is 9.10. The average molecular weight is 343 g/mol. The minimum Gasteiger partial charge on any atom is -0.345 e. The molecule has 0 N–H and O–H groups in total. The zero-order valence-electron chi connectivity index (χ0n) is 11.5. The van der Waals surface area contributed by atoms with Crippen molar-refractivity contribution in [3.8, 4) is 29.0 Å². The molecule has 0 fully saturated rings. The van der Waals surface area contributed by atoms with Gasteiger partial charge in [0, 0.05) is 23.3 Å². The minimum atomic E-state index is 0.394. The first-order valence-electron chi connectivity index (χ1n) is 6.25. The van der Waals surface area contributed by atoms with Gasteiger partial charge in [-0.1, -0.05) is 33.2 Å². The Balaban J connectivity index is 2.01. The average Bonchev–Trinajstić information content (AvgIpc) is 3.08. The monoisotopic (exact) mass is 342 g/mol. The van der Waals surface area contributed by atoms with Gasteiger partial charge in [0.2, 0.25) is 5.82 Å². The van der Waals surface area contributed by atoms with Crippen LogP contribution in [-0.4, -0.2) is 14.7 Å². The maximum Gasteiger partial charge on any atom is 0.274 e. The minimum absolute atomic E-state index is 0.394. The van der Waals surface area contributed by atoms with E-state index in [1.165, 1.54) is 0 Å². The van der Waals surface area contributed by atoms with Crippen LogP contribution in [-0.2, 0) is 7.05 Å². The standard InChI is InChI=1S/C15H11BrN4O/c1-9-3-4-11(6-12(9)16)14-18-15(21-19-14)13-5-10(7-17)8-20(13)2/h3-6,8H,1-2H3. The fraction of sp³-hybridized carbons (Fsp3) is 0.133. The van der Waals surface area contributed by atoms with Crippen molar-refractivity contribution < 1.29 is 4.52 Å². The molecule has 21 heavy (non-hydrogen) atoms. The van der Waals surface area contributed by atoms with Crippen LogP contribution in [0.4, 0.5) is 0 Å². The van der Waals surface area contributed by atoms with E-state index in [0.29, 0.717) is 17.3 Å². The maximum absolute atomic E-state index is 8.93. The predicted octanol–water partition coefficient (Wildman–Crippen LogP) is 3.68. The van der Waals surface area contributed by atoms with Crippen LogP contribution in [0.5, 0.6) is 0 Å². The SMILES string of the molecule is Cc1ccc(-c2noc(-c3cc(C#N)cn3C)n2)cc1Br. The van der Waals surface area contributed by atoms with Gasteiger partial charge in [-0.15, -0.1) is 0 Å². The summed E-state index contributed by atoms with van der Waals surface area (Å²) < 4.78 is 8.10. The molecule has 5 nitrogen and oxygen atoms in total. The van der Waals surface area contributed by atoms with E-state index >= 15 is 0 Å². The molecule has 0 aliphatic carbocycles. The van der Waals surface area contributed by atoms with Crippen LogP contribution in [0.15, 0.2) is 39.5 Å². The van der Waals surface area contributed by atoms with Crippen molar-refractivity contribution in [2.45, 2.75) is 6.92 Å². The summed E-state index contributed by atoms with van der Waals surface area (Å²) in [6.07, 6.45) is 1.72. The van der Waals surface area contributed by atoms with Crippen molar-refractivity contribution in [2.75, 3.05) is 0 Å². The number of rotatable bonds is 2. The number of aromatic nitrogens is 3. The van der Waals surface area contributed by atoms with Gasteiger partial charge in [0.25, 0.3) is 5.89 Å². The van der Waals surface area contributed by atoms with Crippen LogP contribution >= 0.6 is 15.9 Å². The number of aryl methyl sites for hydroxylation is 2. The van der Waals surface area contributed by atoms with Crippen molar-refractivity contribution in [2.24, 2.45) is 7.05 Å². The van der Waals surface area contributed by atoms with E-state index in [2.05, 4.69) is 32.1 Å². The third kappa shape index (κ3) is 2.48. The first-order chi connectivity index (χ1) is 10.1. The third-order valence-electron chi connectivity index (χ3n) is 3.21. The molecule has 1 aromatic carbocycles. The molecule has 104 valence electrons. The molecule has 0 radical (unpaired) electrons. The van der Waals surface area contributed by atoms with E-state index in [4.69, 9.17) is 9.78 Å². The van der Waals surface area contributed by atoms with Gasteiger partial charge in [0.15, 0.2) is 0 Å². The lowest BCUT2D eigenvalue weighted by atomic mass is 10.1. The molecule has 0 bridgehead atoms. The molecule has 0 aliphatic heterocycles. The van der Waals surface area contributed by atoms with Crippen LogP contribution in [0.3, 0.4) is 0 Å². The lowest BCUT2D eigenvalue weighted by Gasteiger charge is -1.99. The van der Waals surface area contributed by atoms with Crippen molar-refractivity contribution in [1.82, 2.24) is 14.7 Å². The van der Waals surface area contributed by atoms with Gasteiger partial charge in [0.1, 0.15) is 11.8 Å². The van der Waals surface area contributed by atoms with Gasteiger partial charge in [-0.3, -0.25) is 0 Å². The zero-order valence-corrected chi connectivity index (χ0v) is 13.0. The van der Waals surface area contributed by atoms with Gasteiger partial charge in [-0.05, 0) is 24.6 Å². The second-order valence-electron chi connectivity index (χ2n) is 4.72. The molecular formula is C15H11BrN4O. The molecule has 2 aromatic heterocycles. The van der Waals surface area contributed by atoms with Crippen LogP contribution in [0.1, 0.15) is 11.1 Å². The second-order valence-corrected chi connectivity index (χ2v) is 5.58. The Hall–Kier alpha value is -2.39. The molecular weight excluding hydrogens is 332 g/mol. The highest BCUT2D eigenvalue weighted by Gasteiger charge is 2.15. The number of hydrogen-bond acceptors (Lipinski definition) is 4. The summed E-state index contributed by atoms with van der Waals surface area (Å²) in [6.45, 7) is 2.02. The van der Waals surface area contributed by atoms with E-state index in [1.54, 1.807) is 16.8 Å². The second kappa shape index (κ2) is 5.19. The molecule has 0 unspecified atom stereocenters. The van der Waals surface area contributed by atoms with Crippen molar-refractivity contribution >= 4 is 15.9 Å². The molecule has 0 spiro atoms. The number of nitriles is 1. The summed E-state index contributed by atoms with van der Waals surface area (Å²) in [5, 5.41) is 12.9. The van der Waals surface area contributed by atoms with Gasteiger partial charge in [-0.2, -0.15) is 10.2 Å². The van der Waals surface area contributed by atoms with Crippen molar-refractivity contribution in [1.29, 1.82) is 5.26 Å². The third-order valence-corrected chi connectivity index (χ3v) is 4.06. The summed E-state index contributed by atoms with van der Waals surface area (Å²) in [5.74, 6) is 0.913. The van der Waals surface area contributed by atoms with Gasteiger partial charge >= 0.3 is 0 Å². The van der Waals surface area contributed by atoms with Gasteiger partial charge in [0.05, 0.1) is 5.56 Å². The Kier molecular flexibility index (Phi) is 3.35. The summed E-state index contributed by atoms with van der Waals surface area (Å²) >= 11 is 3.49. The molecule has 3 aromatic rings. The largest absolute Gasteiger partial charge is 0.345 e. The molecule has 0 atom stereocenters. The Labute approximate surface area is 130 Å². The topological polar surface area (TPSA) is 67.6 Å². The van der Waals surface area contributed by atoms with Crippen LogP contribution < -0.4 is 0 Å². The summed E-state index contributed by atoms with van der Waals surface area (Å²) in [5.41, 5.74) is 3.29. The summed E-state index contributed by atoms with van der Waals surface area (Å²) in [6, 6.07) is 9.71. The van der Waals surface area contributed by atoms with E-state index in [-0.39, 0.29) is 0 Å². The van der Waals surface area contributed by atoms with E-state index in [0.717, 1.165) is 21.3 Å². The van der Waals surface area contributed by atoms with Gasteiger partial charge < -0.3 is 9.09 Å². The lowest BCUT2D eigenvalue weighted by molar-refractivity contribution is 0.429. The highest BCUT2D eigenvalue weighted by atomic mass is 79.9. The molecule has 0 saturated heterocycles. The maximum atomic E-state index is 8.93. The van der Waals surface area contributed by atoms with E-state index in [9.17, 15) is 0 Å². The van der Waals surface area contributed by atoms with Crippen molar-refractivity contribution in [3.63, 3.8) is 0 Å². The summed E-state index contributed by atoms with van der Waals surface area (Å²) in [7, 11) is 1.84. The fourth-order valence-electron chi connectivity index (χ4n) is 2.02. The first-order valence-corrected chi connectivity index (χ1v) is 7.05. The lowest BCUT2D eigenvalue weighted by Crippen LogP contribution is -1.89. The number of benzene rings is 1. The Morgan fingerprint density at radius 1 is 1.33 bits per heavy atom. The van der Waals surface area contributed by atoms with Gasteiger partial charge in [-0.25, -0.2) is 0 Å². The normalized spacial score (nSPS) is 10.6. The Morgan fingerprint density at radius 3 is 2.81 bits per heavy atom. The zero-order chi connectivity index (χ0) is 15.0. The quantitative estimate of drug-likeness (QED) is 0.712. The Morgan fingerprint density at radius 2 is 2.14 bits per heavy atom. The smallest absolute Gasteiger partial charge is 0.274 e. The van der Waals surface area contributed by atoms with E-state index in [1.807, 2.05) is 32.2 Å². The van der Waals surface area contributed by atoms with Crippen LogP contribution in [0.25, 0.3) is 23.0 Å². The predicted molar refractivity (Wildman–Crippen MR) is 81.3 cm³/mol. The Bertz CT molecular complexity index is 857. The van der Waals surface area contributed by atoms with Crippen molar-refractivity contribution in [3.05, 3.63) is 46.1 Å². The number of halogens is 1. The molecule has 0 aliphatic rings. The fourth-order valence-corrected chi connectivity index (χ4v) is 2.39. The summed E-state index contributed by atoms with van der Waals surface area (Å²) in [4.78, 5) is 4.40. The molecule has 0 amide bonds. The van der Waals surface area contributed by atoms with E-state index < -0.39 is 0 Å². The molecule has 2 heterocycles. The first kappa shape index (κ1) is 13.6. The number of hydrogen-bond donors (Lipinski definition) is 0. The number of nitrogens with zero attached hydrogens (tertiary/aromatic N) is 4. The highest BCUT2D eigenvalue weighted by Crippen LogP contribution is 2.26. The van der Waals surface area contributed by atoms with Crippen LogP contribution in [0, 0.1) is 18.3 Å². The molecule has 3 rings (SSSR count). The molecule has 6 heteroatoms. The van der Waals surface area contributed by atoms with Crippen LogP contribution in [0.2, 0.25) is 0 Å².